The molecule has 24 heavy (non-hydrogen) atoms. The Morgan fingerprint density at radius 1 is 1.00 bits per heavy atom. The Labute approximate surface area is 145 Å². The first-order valence-corrected chi connectivity index (χ1v) is 10.2. The second kappa shape index (κ2) is 7.88. The molecule has 0 unspecified atom stereocenters. The van der Waals surface area contributed by atoms with Gasteiger partial charge in [-0.2, -0.15) is 0 Å². The number of hydrogen-bond acceptors (Lipinski definition) is 4. The smallest absolute Gasteiger partial charge is 0.243 e. The van der Waals surface area contributed by atoms with Crippen LogP contribution in [-0.2, 0) is 14.8 Å². The number of benzene rings is 1. The summed E-state index contributed by atoms with van der Waals surface area (Å²) in [4.78, 5) is 16.3. The fraction of sp³-hybridized carbons (Fsp3) is 0.588. The van der Waals surface area contributed by atoms with Gasteiger partial charge in [-0.15, -0.1) is 0 Å². The van der Waals surface area contributed by atoms with E-state index in [0.29, 0.717) is 5.69 Å². The summed E-state index contributed by atoms with van der Waals surface area (Å²) >= 11 is 0. The molecule has 0 spiro atoms. The predicted octanol–water partition coefficient (Wildman–Crippen LogP) is 1.92. The third-order valence-electron chi connectivity index (χ3n) is 4.29. The fourth-order valence-electron chi connectivity index (χ4n) is 2.86. The van der Waals surface area contributed by atoms with Crippen molar-refractivity contribution in [1.82, 2.24) is 4.90 Å². The monoisotopic (exact) mass is 353 g/mol. The number of sulfonamides is 1. The van der Waals surface area contributed by atoms with Crippen molar-refractivity contribution in [2.24, 2.45) is 0 Å². The Balaban J connectivity index is 2.18. The van der Waals surface area contributed by atoms with Crippen LogP contribution in [0.2, 0.25) is 0 Å². The van der Waals surface area contributed by atoms with Crippen LogP contribution in [-0.4, -0.2) is 59.2 Å². The normalized spacial score (nSPS) is 15.7. The summed E-state index contributed by atoms with van der Waals surface area (Å²) < 4.78 is 25.6. The van der Waals surface area contributed by atoms with E-state index in [9.17, 15) is 13.2 Å². The molecule has 1 fully saturated rings. The molecule has 1 amide bonds. The summed E-state index contributed by atoms with van der Waals surface area (Å²) in [5.74, 6) is -0.126. The summed E-state index contributed by atoms with van der Waals surface area (Å²) in [7, 11) is 0.324. The second-order valence-corrected chi connectivity index (χ2v) is 8.38. The summed E-state index contributed by atoms with van der Waals surface area (Å²) in [6, 6.07) is 7.19. The van der Waals surface area contributed by atoms with Crippen molar-refractivity contribution in [2.75, 3.05) is 49.2 Å². The lowest BCUT2D eigenvalue weighted by atomic mass is 10.2. The summed E-state index contributed by atoms with van der Waals surface area (Å²) in [6.07, 6.45) is 5.38. The van der Waals surface area contributed by atoms with Crippen molar-refractivity contribution < 1.29 is 13.2 Å². The third-order valence-corrected chi connectivity index (χ3v) is 5.43. The van der Waals surface area contributed by atoms with Gasteiger partial charge in [0.15, 0.2) is 0 Å². The third kappa shape index (κ3) is 4.87. The zero-order chi connectivity index (χ0) is 17.7. The van der Waals surface area contributed by atoms with Gasteiger partial charge in [0.05, 0.1) is 11.9 Å². The van der Waals surface area contributed by atoms with Crippen molar-refractivity contribution in [3.05, 3.63) is 24.3 Å². The van der Waals surface area contributed by atoms with Crippen molar-refractivity contribution in [3.8, 4) is 0 Å². The van der Waals surface area contributed by atoms with Crippen LogP contribution in [0.4, 0.5) is 11.4 Å². The molecule has 0 atom stereocenters. The highest BCUT2D eigenvalue weighted by molar-refractivity contribution is 7.92. The average Bonchev–Trinajstić information content (AvgIpc) is 2.80. The van der Waals surface area contributed by atoms with Crippen LogP contribution in [0.15, 0.2) is 24.3 Å². The molecule has 2 rings (SSSR count). The molecular formula is C17H27N3O3S. The maximum Gasteiger partial charge on any atom is 0.243 e. The molecule has 1 saturated heterocycles. The summed E-state index contributed by atoms with van der Waals surface area (Å²) in [6.45, 7) is 1.30. The van der Waals surface area contributed by atoms with E-state index in [2.05, 4.69) is 0 Å². The number of anilines is 2. The quantitative estimate of drug-likeness (QED) is 0.811. The van der Waals surface area contributed by atoms with E-state index in [-0.39, 0.29) is 12.5 Å². The molecule has 0 N–H and O–H groups in total. The number of likely N-dealkylation sites (tertiary alicyclic amines) is 1. The van der Waals surface area contributed by atoms with Gasteiger partial charge in [-0.25, -0.2) is 8.42 Å². The van der Waals surface area contributed by atoms with Crippen LogP contribution in [0.3, 0.4) is 0 Å². The van der Waals surface area contributed by atoms with Crippen LogP contribution in [0.5, 0.6) is 0 Å². The molecule has 0 aliphatic carbocycles. The molecule has 6 nitrogen and oxygen atoms in total. The number of hydrogen-bond donors (Lipinski definition) is 0. The molecule has 0 bridgehead atoms. The number of carbonyl (C=O) groups excluding carboxylic acids is 1. The van der Waals surface area contributed by atoms with Crippen LogP contribution in [0.1, 0.15) is 25.7 Å². The van der Waals surface area contributed by atoms with Crippen LogP contribution < -0.4 is 9.21 Å². The molecule has 0 radical (unpaired) electrons. The van der Waals surface area contributed by atoms with Crippen molar-refractivity contribution in [1.29, 1.82) is 0 Å². The molecule has 1 aliphatic rings. The molecule has 1 aromatic rings. The lowest BCUT2D eigenvalue weighted by Crippen LogP contribution is -2.43. The van der Waals surface area contributed by atoms with E-state index in [4.69, 9.17) is 0 Å². The zero-order valence-electron chi connectivity index (χ0n) is 14.7. The fourth-order valence-corrected chi connectivity index (χ4v) is 3.71. The van der Waals surface area contributed by atoms with Gasteiger partial charge in [0.25, 0.3) is 0 Å². The first kappa shape index (κ1) is 18.6. The van der Waals surface area contributed by atoms with Gasteiger partial charge in [0, 0.05) is 32.9 Å². The minimum Gasteiger partial charge on any atom is -0.378 e. The minimum atomic E-state index is -3.52. The Morgan fingerprint density at radius 3 is 1.96 bits per heavy atom. The van der Waals surface area contributed by atoms with Crippen molar-refractivity contribution in [2.45, 2.75) is 25.7 Å². The maximum absolute atomic E-state index is 12.6. The molecular weight excluding hydrogens is 326 g/mol. The molecule has 0 aromatic heterocycles. The minimum absolute atomic E-state index is 0.126. The molecule has 134 valence electrons. The molecule has 1 aliphatic heterocycles. The van der Waals surface area contributed by atoms with E-state index in [1.54, 1.807) is 17.0 Å². The first-order valence-electron chi connectivity index (χ1n) is 8.32. The van der Waals surface area contributed by atoms with E-state index in [0.717, 1.165) is 50.7 Å². The van der Waals surface area contributed by atoms with Gasteiger partial charge in [0.2, 0.25) is 15.9 Å². The van der Waals surface area contributed by atoms with E-state index < -0.39 is 10.0 Å². The Morgan fingerprint density at radius 2 is 1.50 bits per heavy atom. The summed E-state index contributed by atoms with van der Waals surface area (Å²) in [5.41, 5.74) is 1.50. The van der Waals surface area contributed by atoms with Crippen LogP contribution >= 0.6 is 0 Å². The molecule has 1 aromatic carbocycles. The molecule has 0 saturated carbocycles. The highest BCUT2D eigenvalue weighted by atomic mass is 32.2. The first-order chi connectivity index (χ1) is 11.3. The van der Waals surface area contributed by atoms with Gasteiger partial charge < -0.3 is 9.80 Å². The largest absolute Gasteiger partial charge is 0.378 e. The predicted molar refractivity (Wildman–Crippen MR) is 98.0 cm³/mol. The topological polar surface area (TPSA) is 60.9 Å². The van der Waals surface area contributed by atoms with Crippen LogP contribution in [0.25, 0.3) is 0 Å². The van der Waals surface area contributed by atoms with E-state index in [1.807, 2.05) is 31.1 Å². The highest BCUT2D eigenvalue weighted by Gasteiger charge is 2.24. The van der Waals surface area contributed by atoms with E-state index >= 15 is 0 Å². The van der Waals surface area contributed by atoms with Crippen LogP contribution in [0, 0.1) is 0 Å². The van der Waals surface area contributed by atoms with Crippen molar-refractivity contribution in [3.63, 3.8) is 0 Å². The number of carbonyl (C=O) groups is 1. The molecule has 1 heterocycles. The van der Waals surface area contributed by atoms with Gasteiger partial charge in [-0.1, -0.05) is 12.8 Å². The molecule has 7 heteroatoms. The highest BCUT2D eigenvalue weighted by Crippen LogP contribution is 2.22. The van der Waals surface area contributed by atoms with Crippen molar-refractivity contribution >= 4 is 27.3 Å². The summed E-state index contributed by atoms with van der Waals surface area (Å²) in [5, 5.41) is 0. The lowest BCUT2D eigenvalue weighted by molar-refractivity contribution is -0.129. The zero-order valence-corrected chi connectivity index (χ0v) is 15.6. The Bertz CT molecular complexity index is 648. The van der Waals surface area contributed by atoms with E-state index in [1.165, 1.54) is 4.31 Å². The number of rotatable bonds is 5. The standard InChI is InChI=1S/C17H27N3O3S/c1-18(2)15-8-10-16(11-9-15)20(24(3,22)23)14-17(21)19-12-6-4-5-7-13-19/h8-11H,4-7,12-14H2,1-3H3. The Hall–Kier alpha value is -1.76. The lowest BCUT2D eigenvalue weighted by Gasteiger charge is -2.27. The number of amides is 1. The van der Waals surface area contributed by atoms with Gasteiger partial charge in [-0.3, -0.25) is 9.10 Å². The van der Waals surface area contributed by atoms with Gasteiger partial charge in [-0.05, 0) is 37.1 Å². The Kier molecular flexibility index (Phi) is 6.10. The maximum atomic E-state index is 12.6. The van der Waals surface area contributed by atoms with Gasteiger partial charge in [0.1, 0.15) is 6.54 Å². The average molecular weight is 353 g/mol. The van der Waals surface area contributed by atoms with Gasteiger partial charge >= 0.3 is 0 Å². The second-order valence-electron chi connectivity index (χ2n) is 6.48. The SMILES string of the molecule is CN(C)c1ccc(N(CC(=O)N2CCCCCC2)S(C)(=O)=O)cc1. The number of nitrogens with zero attached hydrogens (tertiary/aromatic N) is 3.